The van der Waals surface area contributed by atoms with Crippen LogP contribution in [0.15, 0.2) is 12.4 Å². The number of likely N-dealkylation sites (tertiary alicyclic amines) is 1. The molecule has 3 rings (SSSR count). The first-order valence-electron chi connectivity index (χ1n) is 8.62. The molecular weight excluding hydrogens is 320 g/mol. The Kier molecular flexibility index (Phi) is 4.53. The summed E-state index contributed by atoms with van der Waals surface area (Å²) in [4.78, 5) is 38.2. The highest BCUT2D eigenvalue weighted by Crippen LogP contribution is 2.24. The molecule has 136 valence electrons. The van der Waals surface area contributed by atoms with Crippen molar-refractivity contribution >= 4 is 23.5 Å². The minimum absolute atomic E-state index is 0.0311. The van der Waals surface area contributed by atoms with Crippen molar-refractivity contribution < 1.29 is 9.59 Å². The third kappa shape index (κ3) is 3.83. The van der Waals surface area contributed by atoms with E-state index in [2.05, 4.69) is 15.3 Å². The van der Waals surface area contributed by atoms with Gasteiger partial charge in [-0.15, -0.1) is 0 Å². The van der Waals surface area contributed by atoms with E-state index >= 15 is 0 Å². The van der Waals surface area contributed by atoms with Gasteiger partial charge in [0, 0.05) is 44.7 Å². The van der Waals surface area contributed by atoms with Crippen LogP contribution in [0.2, 0.25) is 0 Å². The second kappa shape index (κ2) is 6.50. The third-order valence-corrected chi connectivity index (χ3v) is 4.72. The second-order valence-electron chi connectivity index (χ2n) is 7.72. The van der Waals surface area contributed by atoms with E-state index in [-0.39, 0.29) is 23.4 Å². The lowest BCUT2D eigenvalue weighted by atomic mass is 10.1. The first-order chi connectivity index (χ1) is 11.7. The fraction of sp³-hybridized carbons (Fsp3) is 0.647. The van der Waals surface area contributed by atoms with Gasteiger partial charge in [0.1, 0.15) is 18.0 Å². The number of hydrogen-bond donors (Lipinski definition) is 1. The monoisotopic (exact) mass is 346 g/mol. The molecule has 3 heterocycles. The van der Waals surface area contributed by atoms with Gasteiger partial charge in [-0.3, -0.25) is 9.59 Å². The number of aromatic nitrogens is 2. The predicted molar refractivity (Wildman–Crippen MR) is 95.4 cm³/mol. The zero-order valence-electron chi connectivity index (χ0n) is 15.3. The Bertz CT molecular complexity index is 671. The SMILES string of the molecule is CN1CCN(c2cc(NC3CC(=O)N(C(C)(C)C)C3)ncn2)CC1=O. The molecule has 2 fully saturated rings. The standard InChI is InChI=1S/C17H26N6O2/c1-17(2,3)23-9-12(7-15(23)24)20-13-8-14(19-11-18-13)22-6-5-21(4)16(25)10-22/h8,11-12H,5-7,9-10H2,1-4H3,(H,18,19,20). The summed E-state index contributed by atoms with van der Waals surface area (Å²) in [5.41, 5.74) is -0.176. The minimum Gasteiger partial charge on any atom is -0.365 e. The quantitative estimate of drug-likeness (QED) is 0.862. The molecule has 2 amide bonds. The summed E-state index contributed by atoms with van der Waals surface area (Å²) < 4.78 is 0. The van der Waals surface area contributed by atoms with Crippen LogP contribution < -0.4 is 10.2 Å². The highest BCUT2D eigenvalue weighted by atomic mass is 16.2. The number of amides is 2. The number of carbonyl (C=O) groups is 2. The molecule has 0 saturated carbocycles. The van der Waals surface area contributed by atoms with Crippen LogP contribution in [-0.4, -0.2) is 76.4 Å². The Morgan fingerprint density at radius 2 is 1.92 bits per heavy atom. The molecule has 1 N–H and O–H groups in total. The zero-order chi connectivity index (χ0) is 18.2. The molecule has 0 aliphatic carbocycles. The van der Waals surface area contributed by atoms with E-state index in [1.165, 1.54) is 6.33 Å². The van der Waals surface area contributed by atoms with Crippen LogP contribution in [-0.2, 0) is 9.59 Å². The van der Waals surface area contributed by atoms with E-state index in [0.717, 1.165) is 12.4 Å². The van der Waals surface area contributed by atoms with Crippen molar-refractivity contribution in [2.45, 2.75) is 38.8 Å². The van der Waals surface area contributed by atoms with Crippen molar-refractivity contribution in [2.24, 2.45) is 0 Å². The molecule has 1 atom stereocenters. The molecular formula is C17H26N6O2. The van der Waals surface area contributed by atoms with Crippen LogP contribution in [0.25, 0.3) is 0 Å². The fourth-order valence-electron chi connectivity index (χ4n) is 3.21. The molecule has 0 spiro atoms. The normalized spacial score (nSPS) is 21.9. The molecule has 1 unspecified atom stereocenters. The van der Waals surface area contributed by atoms with Crippen molar-refractivity contribution in [2.75, 3.05) is 43.4 Å². The topological polar surface area (TPSA) is 81.7 Å². The Morgan fingerprint density at radius 3 is 2.56 bits per heavy atom. The number of rotatable bonds is 3. The fourth-order valence-corrected chi connectivity index (χ4v) is 3.21. The highest BCUT2D eigenvalue weighted by molar-refractivity contribution is 5.82. The summed E-state index contributed by atoms with van der Waals surface area (Å²) in [7, 11) is 1.81. The number of carbonyl (C=O) groups excluding carboxylic acids is 2. The van der Waals surface area contributed by atoms with Gasteiger partial charge >= 0.3 is 0 Å². The Morgan fingerprint density at radius 1 is 1.16 bits per heavy atom. The maximum absolute atomic E-state index is 12.2. The van der Waals surface area contributed by atoms with Gasteiger partial charge in [-0.05, 0) is 20.8 Å². The van der Waals surface area contributed by atoms with Gasteiger partial charge in [0.2, 0.25) is 11.8 Å². The molecule has 8 heteroatoms. The van der Waals surface area contributed by atoms with Gasteiger partial charge in [-0.25, -0.2) is 9.97 Å². The van der Waals surface area contributed by atoms with Crippen molar-refractivity contribution in [1.82, 2.24) is 19.8 Å². The molecule has 2 aliphatic heterocycles. The van der Waals surface area contributed by atoms with Crippen molar-refractivity contribution in [1.29, 1.82) is 0 Å². The molecule has 25 heavy (non-hydrogen) atoms. The molecule has 0 aromatic carbocycles. The van der Waals surface area contributed by atoms with Crippen molar-refractivity contribution in [3.63, 3.8) is 0 Å². The average Bonchev–Trinajstić information content (AvgIpc) is 2.91. The molecule has 1 aromatic rings. The first-order valence-corrected chi connectivity index (χ1v) is 8.62. The Balaban J connectivity index is 1.67. The highest BCUT2D eigenvalue weighted by Gasteiger charge is 2.36. The van der Waals surface area contributed by atoms with Gasteiger partial charge in [0.15, 0.2) is 0 Å². The van der Waals surface area contributed by atoms with Gasteiger partial charge in [-0.2, -0.15) is 0 Å². The lowest BCUT2D eigenvalue weighted by Crippen LogP contribution is -2.48. The second-order valence-corrected chi connectivity index (χ2v) is 7.72. The zero-order valence-corrected chi connectivity index (χ0v) is 15.3. The van der Waals surface area contributed by atoms with Gasteiger partial charge < -0.3 is 20.0 Å². The maximum Gasteiger partial charge on any atom is 0.241 e. The Labute approximate surface area is 148 Å². The number of hydrogen-bond acceptors (Lipinski definition) is 6. The largest absolute Gasteiger partial charge is 0.365 e. The number of nitrogens with one attached hydrogen (secondary N) is 1. The first kappa shape index (κ1) is 17.4. The minimum atomic E-state index is -0.176. The summed E-state index contributed by atoms with van der Waals surface area (Å²) in [6.07, 6.45) is 1.96. The van der Waals surface area contributed by atoms with Crippen molar-refractivity contribution in [3.8, 4) is 0 Å². The maximum atomic E-state index is 12.2. The number of likely N-dealkylation sites (N-methyl/N-ethyl adjacent to an activating group) is 1. The van der Waals surface area contributed by atoms with Gasteiger partial charge in [0.25, 0.3) is 0 Å². The molecule has 0 bridgehead atoms. The molecule has 2 saturated heterocycles. The molecule has 1 aromatic heterocycles. The number of nitrogens with zero attached hydrogens (tertiary/aromatic N) is 5. The van der Waals surface area contributed by atoms with Gasteiger partial charge in [0.05, 0.1) is 12.6 Å². The van der Waals surface area contributed by atoms with E-state index < -0.39 is 0 Å². The third-order valence-electron chi connectivity index (χ3n) is 4.72. The average molecular weight is 346 g/mol. The van der Waals surface area contributed by atoms with E-state index in [0.29, 0.717) is 31.9 Å². The van der Waals surface area contributed by atoms with Crippen LogP contribution >= 0.6 is 0 Å². The van der Waals surface area contributed by atoms with E-state index in [4.69, 9.17) is 0 Å². The number of anilines is 2. The van der Waals surface area contributed by atoms with E-state index in [1.807, 2.05) is 43.7 Å². The lowest BCUT2D eigenvalue weighted by molar-refractivity contribution is -0.131. The smallest absolute Gasteiger partial charge is 0.241 e. The molecule has 8 nitrogen and oxygen atoms in total. The predicted octanol–water partition coefficient (Wildman–Crippen LogP) is 0.566. The van der Waals surface area contributed by atoms with Crippen LogP contribution in [0.4, 0.5) is 11.6 Å². The molecule has 2 aliphatic rings. The lowest BCUT2D eigenvalue weighted by Gasteiger charge is -2.33. The summed E-state index contributed by atoms with van der Waals surface area (Å²) in [6, 6.07) is 1.88. The van der Waals surface area contributed by atoms with E-state index in [1.54, 1.807) is 4.90 Å². The van der Waals surface area contributed by atoms with Crippen molar-refractivity contribution in [3.05, 3.63) is 12.4 Å². The molecule has 0 radical (unpaired) electrons. The summed E-state index contributed by atoms with van der Waals surface area (Å²) in [5.74, 6) is 1.66. The van der Waals surface area contributed by atoms with Crippen LogP contribution in [0.3, 0.4) is 0 Å². The van der Waals surface area contributed by atoms with Crippen LogP contribution in [0.5, 0.6) is 0 Å². The summed E-state index contributed by atoms with van der Waals surface area (Å²) >= 11 is 0. The van der Waals surface area contributed by atoms with Crippen LogP contribution in [0.1, 0.15) is 27.2 Å². The Hall–Kier alpha value is -2.38. The summed E-state index contributed by atoms with van der Waals surface area (Å²) in [5, 5.41) is 3.34. The van der Waals surface area contributed by atoms with Gasteiger partial charge in [-0.1, -0.05) is 0 Å². The number of piperazine rings is 1. The van der Waals surface area contributed by atoms with E-state index in [9.17, 15) is 9.59 Å². The summed E-state index contributed by atoms with van der Waals surface area (Å²) in [6.45, 7) is 8.55. The van der Waals surface area contributed by atoms with Crippen LogP contribution in [0, 0.1) is 0 Å².